The molecule has 0 aliphatic heterocycles. The topological polar surface area (TPSA) is 126 Å². The molecule has 0 amide bonds. The van der Waals surface area contributed by atoms with Gasteiger partial charge in [-0.25, -0.2) is 0 Å². The first kappa shape index (κ1) is 29.2. The van der Waals surface area contributed by atoms with Gasteiger partial charge in [0.05, 0.1) is 0 Å². The molecule has 0 bridgehead atoms. The second-order valence-electron chi connectivity index (χ2n) is 0.500. The largest absolute Gasteiger partial charge is 4.00 e. The van der Waals surface area contributed by atoms with Crippen molar-refractivity contribution in [3.63, 3.8) is 0 Å². The third kappa shape index (κ3) is 170. The maximum atomic E-state index is 8.58. The Morgan fingerprint density at radius 1 is 0.818 bits per heavy atom. The molecule has 0 aromatic carbocycles. The van der Waals surface area contributed by atoms with Gasteiger partial charge in [0, 0.05) is 40.5 Å². The average Bonchev–Trinajstić information content (AvgIpc) is 1.25. The second kappa shape index (κ2) is 23.1. The van der Waals surface area contributed by atoms with Gasteiger partial charge in [-0.3, -0.25) is 0 Å². The number of rotatable bonds is 0. The molecule has 0 aromatic rings. The normalized spacial score (nSPS) is 4.73. The smallest absolute Gasteiger partial charge is 0 e. The molecule has 0 aliphatic carbocycles. The van der Waals surface area contributed by atoms with E-state index in [1.807, 2.05) is 0 Å². The number of hydrogen-bond acceptors (Lipinski definition) is 6. The van der Waals surface area contributed by atoms with E-state index < -0.39 is 37.2 Å². The van der Waals surface area contributed by atoms with E-state index in [2.05, 4.69) is 0 Å². The summed E-state index contributed by atoms with van der Waals surface area (Å²) in [4.78, 5) is 0. The van der Waals surface area contributed by atoms with E-state index in [1.54, 1.807) is 0 Å². The fourth-order valence-electron chi connectivity index (χ4n) is 0. The van der Waals surface area contributed by atoms with Crippen LogP contribution in [-0.2, 0) is 111 Å². The van der Waals surface area contributed by atoms with Gasteiger partial charge < -0.3 is 0 Å². The molecule has 0 heterocycles. The summed E-state index contributed by atoms with van der Waals surface area (Å²) in [7, 11) is 0. The Balaban J connectivity index is -0.0000000171. The summed E-state index contributed by atoms with van der Waals surface area (Å²) < 4.78 is 51.5. The summed E-state index contributed by atoms with van der Waals surface area (Å²) in [6.07, 6.45) is 0. The monoisotopic (exact) mass is 579 g/mol. The molecule has 0 aliphatic rings. The van der Waals surface area contributed by atoms with Gasteiger partial charge in [-0.1, -0.05) is 0 Å². The van der Waals surface area contributed by atoms with Crippen LogP contribution in [0.2, 0.25) is 0 Å². The quantitative estimate of drug-likeness (QED) is 0.265. The summed E-state index contributed by atoms with van der Waals surface area (Å²) in [5.74, 6) is 0. The first-order valence-electron chi connectivity index (χ1n) is 1.22. The predicted octanol–water partition coefficient (Wildman–Crippen LogP) is -5.01. The van der Waals surface area contributed by atoms with Gasteiger partial charge >= 0.3 is 84.8 Å². The van der Waals surface area contributed by atoms with Crippen molar-refractivity contribution in [2.75, 3.05) is 0 Å². The molecule has 11 heteroatoms. The van der Waals surface area contributed by atoms with Crippen LogP contribution in [0.5, 0.6) is 0 Å². The summed E-state index contributed by atoms with van der Waals surface area (Å²) in [6, 6.07) is 0. The third-order valence-electron chi connectivity index (χ3n) is 0. The molecule has 0 radical (unpaired) electrons. The van der Waals surface area contributed by atoms with Crippen molar-refractivity contribution < 1.29 is 125 Å². The van der Waals surface area contributed by atoms with Crippen LogP contribution >= 0.6 is 0 Å². The van der Waals surface area contributed by atoms with Crippen molar-refractivity contribution in [1.29, 1.82) is 0 Å². The van der Waals surface area contributed by atoms with Crippen molar-refractivity contribution in [3.05, 3.63) is 0 Å². The van der Waals surface area contributed by atoms with Gasteiger partial charge in [-0.15, -0.1) is 0 Å². The van der Waals surface area contributed by atoms with Crippen LogP contribution in [0.4, 0.5) is 0 Å². The van der Waals surface area contributed by atoms with E-state index in [-0.39, 0.29) is 66.7 Å². The van der Waals surface area contributed by atoms with Crippen molar-refractivity contribution in [1.82, 2.24) is 0 Å². The summed E-state index contributed by atoms with van der Waals surface area (Å²) in [5, 5.41) is 0. The Morgan fingerprint density at radius 2 is 0.818 bits per heavy atom. The van der Waals surface area contributed by atoms with Gasteiger partial charge in [0.1, 0.15) is 0 Å². The first-order valence-corrected chi connectivity index (χ1v) is 5.05. The molecule has 0 atom stereocenters. The van der Waals surface area contributed by atoms with Gasteiger partial charge in [0.2, 0.25) is 0 Å². The third-order valence-corrected chi connectivity index (χ3v) is 0. The maximum absolute atomic E-state index is 8.58. The zero-order valence-electron chi connectivity index (χ0n) is 4.62. The van der Waals surface area contributed by atoms with E-state index in [1.165, 1.54) is 0 Å². The molecular weight excluding hydrogens is 579 g/mol. The molecule has 66 valence electrons. The van der Waals surface area contributed by atoms with Gasteiger partial charge in [0.25, 0.3) is 0 Å². The van der Waals surface area contributed by atoms with E-state index in [0.29, 0.717) is 0 Å². The first-order chi connectivity index (χ1) is 3.46. The van der Waals surface area contributed by atoms with Crippen LogP contribution in [0.15, 0.2) is 0 Å². The van der Waals surface area contributed by atoms with E-state index in [4.69, 9.17) is 21.4 Å². The molecule has 0 saturated heterocycles. The molecule has 0 aromatic heterocycles. The van der Waals surface area contributed by atoms with Crippen LogP contribution in [0.1, 0.15) is 0 Å². The molecular formula is O6PtRuTi2Zr. The average molecular weight is 579 g/mol. The Labute approximate surface area is 123 Å². The SMILES string of the molecule is [O]=[Ti]([O-])[O-].[O]=[Ti]([O-])[O-].[Pt].[Ru].[Zr+4]. The van der Waals surface area contributed by atoms with Gasteiger partial charge in [0.15, 0.2) is 0 Å². The standard InChI is InChI=1S/6O.Pt.Ru.2Ti.Zr/q;;4*-1;;;;;+4. The number of hydrogen-bond donors (Lipinski definition) is 0. The van der Waals surface area contributed by atoms with Crippen LogP contribution in [0, 0.1) is 0 Å². The Kier molecular flexibility index (Phi) is 61.5. The minimum absolute atomic E-state index is 0. The van der Waals surface area contributed by atoms with Crippen molar-refractivity contribution in [2.24, 2.45) is 0 Å². The summed E-state index contributed by atoms with van der Waals surface area (Å²) >= 11 is -8.17. The molecule has 0 saturated carbocycles. The van der Waals surface area contributed by atoms with E-state index >= 15 is 0 Å². The van der Waals surface area contributed by atoms with Gasteiger partial charge in [-0.2, -0.15) is 0 Å². The molecule has 6 nitrogen and oxygen atoms in total. The minimum atomic E-state index is -4.08. The Bertz CT molecular complexity index is 78.6. The van der Waals surface area contributed by atoms with Crippen molar-refractivity contribution in [2.45, 2.75) is 0 Å². The summed E-state index contributed by atoms with van der Waals surface area (Å²) in [6.45, 7) is 0. The fraction of sp³-hybridized carbons (Fsp3) is 0. The van der Waals surface area contributed by atoms with E-state index in [9.17, 15) is 0 Å². The van der Waals surface area contributed by atoms with Crippen LogP contribution in [0.3, 0.4) is 0 Å². The Hall–Kier alpha value is 3.06. The molecule has 0 spiro atoms. The molecule has 0 unspecified atom stereocenters. The molecule has 11 heavy (non-hydrogen) atoms. The van der Waals surface area contributed by atoms with Crippen LogP contribution < -0.4 is 14.8 Å². The van der Waals surface area contributed by atoms with Crippen molar-refractivity contribution in [3.8, 4) is 0 Å². The second-order valence-corrected chi connectivity index (χ2v) is 2.06. The van der Waals surface area contributed by atoms with E-state index in [0.717, 1.165) is 0 Å². The van der Waals surface area contributed by atoms with Crippen LogP contribution in [0.25, 0.3) is 0 Å². The van der Waals surface area contributed by atoms with Crippen molar-refractivity contribution >= 4 is 0 Å². The fourth-order valence-corrected chi connectivity index (χ4v) is 0. The summed E-state index contributed by atoms with van der Waals surface area (Å²) in [5.41, 5.74) is 0. The Morgan fingerprint density at radius 3 is 0.818 bits per heavy atom. The van der Waals surface area contributed by atoms with Gasteiger partial charge in [-0.05, 0) is 0 Å². The minimum Gasteiger partial charge on any atom is 0 e. The zero-order valence-corrected chi connectivity index (χ0v) is 14.2. The maximum Gasteiger partial charge on any atom is 4.00 e. The molecule has 0 N–H and O–H groups in total. The molecule has 0 rings (SSSR count). The molecule has 0 fully saturated rings. The zero-order chi connectivity index (χ0) is 7.15. The predicted molar refractivity (Wildman–Crippen MR) is 1.37 cm³/mol. The van der Waals surface area contributed by atoms with Crippen LogP contribution in [-0.4, -0.2) is 0 Å².